The summed E-state index contributed by atoms with van der Waals surface area (Å²) in [6.07, 6.45) is 2.86. The largest absolute Gasteiger partial charge is 0.409 e. The number of anilines is 1. The third kappa shape index (κ3) is 2.63. The van der Waals surface area contributed by atoms with Crippen LogP contribution in [0.25, 0.3) is 0 Å². The Morgan fingerprint density at radius 3 is 2.89 bits per heavy atom. The SMILES string of the molecule is Cc1ccnc(N2CCC(N(C)C)C2)c1/C(N)=N/O. The average molecular weight is 263 g/mol. The first-order valence-corrected chi connectivity index (χ1v) is 6.39. The number of nitrogens with two attached hydrogens (primary N) is 1. The molecule has 2 heterocycles. The van der Waals surface area contributed by atoms with E-state index >= 15 is 0 Å². The summed E-state index contributed by atoms with van der Waals surface area (Å²) in [5, 5.41) is 12.1. The third-order valence-electron chi connectivity index (χ3n) is 3.70. The lowest BCUT2D eigenvalue weighted by molar-refractivity contribution is 0.315. The van der Waals surface area contributed by atoms with Gasteiger partial charge in [0.25, 0.3) is 0 Å². The first kappa shape index (κ1) is 13.6. The van der Waals surface area contributed by atoms with Crippen LogP contribution in [0.5, 0.6) is 0 Å². The van der Waals surface area contributed by atoms with E-state index in [0.29, 0.717) is 6.04 Å². The van der Waals surface area contributed by atoms with E-state index in [9.17, 15) is 0 Å². The van der Waals surface area contributed by atoms with Crippen LogP contribution in [-0.2, 0) is 0 Å². The number of oxime groups is 1. The van der Waals surface area contributed by atoms with Crippen molar-refractivity contribution < 1.29 is 5.21 Å². The zero-order chi connectivity index (χ0) is 14.0. The number of nitrogens with zero attached hydrogens (tertiary/aromatic N) is 4. The maximum atomic E-state index is 8.93. The number of aryl methyl sites for hydroxylation is 1. The number of likely N-dealkylation sites (N-methyl/N-ethyl adjacent to an activating group) is 1. The fourth-order valence-corrected chi connectivity index (χ4v) is 2.51. The van der Waals surface area contributed by atoms with E-state index in [1.807, 2.05) is 13.0 Å². The van der Waals surface area contributed by atoms with Crippen molar-refractivity contribution in [1.29, 1.82) is 0 Å². The number of aromatic nitrogens is 1. The first-order chi connectivity index (χ1) is 9.04. The Balaban J connectivity index is 2.33. The molecule has 2 rings (SSSR count). The van der Waals surface area contributed by atoms with Crippen molar-refractivity contribution in [3.05, 3.63) is 23.4 Å². The zero-order valence-electron chi connectivity index (χ0n) is 11.7. The maximum absolute atomic E-state index is 8.93. The molecule has 1 unspecified atom stereocenters. The summed E-state index contributed by atoms with van der Waals surface area (Å²) in [7, 11) is 4.17. The van der Waals surface area contributed by atoms with Gasteiger partial charge >= 0.3 is 0 Å². The summed E-state index contributed by atoms with van der Waals surface area (Å²) >= 11 is 0. The highest BCUT2D eigenvalue weighted by molar-refractivity contribution is 6.02. The van der Waals surface area contributed by atoms with Gasteiger partial charge in [-0.25, -0.2) is 4.98 Å². The minimum Gasteiger partial charge on any atom is -0.409 e. The molecule has 0 aromatic carbocycles. The number of pyridine rings is 1. The lowest BCUT2D eigenvalue weighted by atomic mass is 10.1. The van der Waals surface area contributed by atoms with Gasteiger partial charge in [0, 0.05) is 25.3 Å². The van der Waals surface area contributed by atoms with Crippen molar-refractivity contribution in [1.82, 2.24) is 9.88 Å². The van der Waals surface area contributed by atoms with Crippen LogP contribution < -0.4 is 10.6 Å². The van der Waals surface area contributed by atoms with Crippen LogP contribution in [0.15, 0.2) is 17.4 Å². The number of rotatable bonds is 3. The second kappa shape index (κ2) is 5.44. The van der Waals surface area contributed by atoms with Crippen molar-refractivity contribution in [2.75, 3.05) is 32.1 Å². The molecule has 104 valence electrons. The molecule has 1 aromatic heterocycles. The van der Waals surface area contributed by atoms with Crippen LogP contribution in [0.2, 0.25) is 0 Å². The molecule has 1 fully saturated rings. The van der Waals surface area contributed by atoms with Gasteiger partial charge in [-0.05, 0) is 39.1 Å². The Kier molecular flexibility index (Phi) is 3.90. The van der Waals surface area contributed by atoms with Crippen LogP contribution in [-0.4, -0.2) is 54.2 Å². The molecule has 1 aromatic rings. The summed E-state index contributed by atoms with van der Waals surface area (Å²) in [6.45, 7) is 3.79. The Bertz CT molecular complexity index is 486. The van der Waals surface area contributed by atoms with Gasteiger partial charge in [-0.2, -0.15) is 0 Å². The fourth-order valence-electron chi connectivity index (χ4n) is 2.51. The molecule has 1 atom stereocenters. The van der Waals surface area contributed by atoms with E-state index in [4.69, 9.17) is 10.9 Å². The van der Waals surface area contributed by atoms with Crippen molar-refractivity contribution in [3.63, 3.8) is 0 Å². The number of amidine groups is 1. The van der Waals surface area contributed by atoms with Gasteiger partial charge in [0.05, 0.1) is 5.56 Å². The molecule has 1 aliphatic heterocycles. The molecule has 0 spiro atoms. The second-order valence-corrected chi connectivity index (χ2v) is 5.16. The van der Waals surface area contributed by atoms with E-state index < -0.39 is 0 Å². The van der Waals surface area contributed by atoms with E-state index in [1.165, 1.54) is 0 Å². The molecule has 0 aliphatic carbocycles. The Labute approximate surface area is 113 Å². The summed E-state index contributed by atoms with van der Waals surface area (Å²) in [6, 6.07) is 2.39. The summed E-state index contributed by atoms with van der Waals surface area (Å²) in [5.41, 5.74) is 7.47. The standard InChI is InChI=1S/C13H21N5O/c1-9-4-6-15-13(11(9)12(14)16-19)18-7-5-10(8-18)17(2)3/h4,6,10,19H,5,7-8H2,1-3H3,(H2,14,16). The third-order valence-corrected chi connectivity index (χ3v) is 3.70. The Hall–Kier alpha value is -1.82. The first-order valence-electron chi connectivity index (χ1n) is 6.39. The van der Waals surface area contributed by atoms with E-state index in [2.05, 4.69) is 34.0 Å². The molecular formula is C13H21N5O. The summed E-state index contributed by atoms with van der Waals surface area (Å²) in [5.74, 6) is 0.925. The normalized spacial score (nSPS) is 20.3. The van der Waals surface area contributed by atoms with Gasteiger partial charge in [-0.15, -0.1) is 0 Å². The molecular weight excluding hydrogens is 242 g/mol. The predicted octanol–water partition coefficient (Wildman–Crippen LogP) is 0.625. The smallest absolute Gasteiger partial charge is 0.174 e. The van der Waals surface area contributed by atoms with Gasteiger partial charge in [0.1, 0.15) is 5.82 Å². The molecule has 0 saturated carbocycles. The highest BCUT2D eigenvalue weighted by Gasteiger charge is 2.27. The molecule has 6 nitrogen and oxygen atoms in total. The lowest BCUT2D eigenvalue weighted by Gasteiger charge is -2.23. The molecule has 1 saturated heterocycles. The van der Waals surface area contributed by atoms with Gasteiger partial charge in [0.2, 0.25) is 0 Å². The molecule has 1 aliphatic rings. The highest BCUT2D eigenvalue weighted by Crippen LogP contribution is 2.25. The van der Waals surface area contributed by atoms with E-state index in [-0.39, 0.29) is 5.84 Å². The van der Waals surface area contributed by atoms with Gasteiger partial charge in [-0.3, -0.25) is 0 Å². The molecule has 0 bridgehead atoms. The van der Waals surface area contributed by atoms with Gasteiger partial charge < -0.3 is 20.7 Å². The quantitative estimate of drug-likeness (QED) is 0.362. The average Bonchev–Trinajstić information content (AvgIpc) is 2.87. The fraction of sp³-hybridized carbons (Fsp3) is 0.538. The van der Waals surface area contributed by atoms with Crippen LogP contribution in [0, 0.1) is 6.92 Å². The van der Waals surface area contributed by atoms with Crippen molar-refractivity contribution in [3.8, 4) is 0 Å². The van der Waals surface area contributed by atoms with Crippen LogP contribution in [0.4, 0.5) is 5.82 Å². The minimum atomic E-state index is 0.119. The van der Waals surface area contributed by atoms with Crippen molar-refractivity contribution in [2.45, 2.75) is 19.4 Å². The van der Waals surface area contributed by atoms with E-state index in [0.717, 1.165) is 36.5 Å². The summed E-state index contributed by atoms with van der Waals surface area (Å²) < 4.78 is 0. The highest BCUT2D eigenvalue weighted by atomic mass is 16.4. The topological polar surface area (TPSA) is 78.0 Å². The van der Waals surface area contributed by atoms with E-state index in [1.54, 1.807) is 6.20 Å². The molecule has 19 heavy (non-hydrogen) atoms. The van der Waals surface area contributed by atoms with Crippen molar-refractivity contribution >= 4 is 11.7 Å². The van der Waals surface area contributed by atoms with Crippen LogP contribution in [0.1, 0.15) is 17.5 Å². The lowest BCUT2D eigenvalue weighted by Crippen LogP contribution is -2.33. The number of hydrogen-bond acceptors (Lipinski definition) is 5. The maximum Gasteiger partial charge on any atom is 0.174 e. The second-order valence-electron chi connectivity index (χ2n) is 5.16. The number of hydrogen-bond donors (Lipinski definition) is 2. The molecule has 0 radical (unpaired) electrons. The van der Waals surface area contributed by atoms with Gasteiger partial charge in [-0.1, -0.05) is 5.16 Å². The minimum absolute atomic E-state index is 0.119. The van der Waals surface area contributed by atoms with Gasteiger partial charge in [0.15, 0.2) is 5.84 Å². The predicted molar refractivity (Wildman–Crippen MR) is 75.8 cm³/mol. The van der Waals surface area contributed by atoms with Crippen LogP contribution >= 0.6 is 0 Å². The Morgan fingerprint density at radius 2 is 2.32 bits per heavy atom. The molecule has 6 heteroatoms. The Morgan fingerprint density at radius 1 is 1.58 bits per heavy atom. The summed E-state index contributed by atoms with van der Waals surface area (Å²) in [4.78, 5) is 8.84. The molecule has 3 N–H and O–H groups in total. The van der Waals surface area contributed by atoms with Crippen molar-refractivity contribution in [2.24, 2.45) is 10.9 Å². The molecule has 0 amide bonds. The zero-order valence-corrected chi connectivity index (χ0v) is 11.7. The monoisotopic (exact) mass is 263 g/mol. The van der Waals surface area contributed by atoms with Crippen LogP contribution in [0.3, 0.4) is 0 Å².